The van der Waals surface area contributed by atoms with Crippen LogP contribution in [-0.2, 0) is 10.8 Å². The van der Waals surface area contributed by atoms with Crippen molar-refractivity contribution in [2.45, 2.75) is 10.8 Å². The summed E-state index contributed by atoms with van der Waals surface area (Å²) in [5.41, 5.74) is 33.0. The standard InChI is InChI=1S/C92H50N2O2S/c1-9-31-73-57(19-1)58-20-2-10-32-74(58)91(73)77-35-13-5-23-61(77)63-45-41-53(49-79(63)91)51-39-43-55-56-44-40-52(54-42-46-64-62-24-6-14-36-78(62)92(80(64)50-54)75-33-11-3-21-59(75)60-22-4-12-34-76(60)92)48-72(56)84-83(71(55)47-51)93-85-86(94-84)90(70-30-18-28-68-66-26-8-16-38-82(66)96-88(68)70)97-89(85)69-29-17-27-67-65-25-7-15-37-81(65)95-87(67)69/h1-50H. The van der Waals surface area contributed by atoms with Crippen LogP contribution in [0, 0.1) is 0 Å². The molecular weight excluding hydrogens is 1200 g/mol. The molecule has 5 heteroatoms. The molecule has 0 saturated heterocycles. The van der Waals surface area contributed by atoms with Crippen LogP contribution in [0.3, 0.4) is 0 Å². The number of benzene rings is 15. The number of nitrogens with zero attached hydrogens (tertiary/aromatic N) is 2. The van der Waals surface area contributed by atoms with Gasteiger partial charge in [0.05, 0.1) is 31.6 Å². The summed E-state index contributed by atoms with van der Waals surface area (Å²) in [6.45, 7) is 0. The van der Waals surface area contributed by atoms with Gasteiger partial charge in [-0.1, -0.05) is 255 Å². The molecule has 0 amide bonds. The molecule has 2 spiro atoms. The lowest BCUT2D eigenvalue weighted by molar-refractivity contribution is 0.670. The van der Waals surface area contributed by atoms with Crippen LogP contribution in [0.25, 0.3) is 175 Å². The van der Waals surface area contributed by atoms with Crippen LogP contribution in [0.4, 0.5) is 0 Å². The quantitative estimate of drug-likeness (QED) is 0.165. The highest BCUT2D eigenvalue weighted by molar-refractivity contribution is 7.21. The molecule has 0 saturated carbocycles. The first kappa shape index (κ1) is 52.1. The van der Waals surface area contributed by atoms with Gasteiger partial charge >= 0.3 is 0 Å². The van der Waals surface area contributed by atoms with E-state index in [1.54, 1.807) is 11.3 Å². The molecule has 15 aromatic carbocycles. The molecule has 4 aliphatic carbocycles. The van der Waals surface area contributed by atoms with Crippen molar-refractivity contribution < 1.29 is 8.83 Å². The van der Waals surface area contributed by atoms with Crippen molar-refractivity contribution in [3.05, 3.63) is 348 Å². The predicted molar refractivity (Wildman–Crippen MR) is 399 cm³/mol. The second kappa shape index (κ2) is 18.8. The highest BCUT2D eigenvalue weighted by atomic mass is 32.1. The number of hydrogen-bond acceptors (Lipinski definition) is 5. The second-order valence-electron chi connectivity index (χ2n) is 26.8. The van der Waals surface area contributed by atoms with Crippen molar-refractivity contribution in [3.8, 4) is 87.6 Å². The number of fused-ring (bicyclic) bond motifs is 33. The third kappa shape index (κ3) is 6.57. The number of para-hydroxylation sites is 4. The summed E-state index contributed by atoms with van der Waals surface area (Å²) in [7, 11) is 0. The van der Waals surface area contributed by atoms with Crippen molar-refractivity contribution in [1.29, 1.82) is 0 Å². The van der Waals surface area contributed by atoms with Gasteiger partial charge < -0.3 is 8.83 Å². The Hall–Kier alpha value is -12.3. The van der Waals surface area contributed by atoms with Crippen LogP contribution in [0.15, 0.2) is 312 Å². The van der Waals surface area contributed by atoms with Crippen LogP contribution in [-0.4, -0.2) is 9.97 Å². The van der Waals surface area contributed by atoms with Crippen molar-refractivity contribution in [1.82, 2.24) is 9.97 Å². The molecule has 446 valence electrons. The Morgan fingerprint density at radius 1 is 0.216 bits per heavy atom. The molecule has 4 aliphatic rings. The van der Waals surface area contributed by atoms with E-state index in [2.05, 4.69) is 291 Å². The summed E-state index contributed by atoms with van der Waals surface area (Å²) in [6.07, 6.45) is 0. The maximum absolute atomic E-state index is 6.92. The fourth-order valence-corrected chi connectivity index (χ4v) is 19.6. The monoisotopic (exact) mass is 1250 g/mol. The summed E-state index contributed by atoms with van der Waals surface area (Å²) in [5.74, 6) is 0. The molecule has 4 nitrogen and oxygen atoms in total. The molecule has 0 bridgehead atoms. The molecule has 4 aromatic heterocycles. The number of hydrogen-bond donors (Lipinski definition) is 0. The molecule has 0 unspecified atom stereocenters. The Balaban J connectivity index is 0.803. The highest BCUT2D eigenvalue weighted by Crippen LogP contribution is 2.65. The zero-order valence-electron chi connectivity index (χ0n) is 52.0. The Labute approximate surface area is 560 Å². The van der Waals surface area contributed by atoms with Crippen molar-refractivity contribution >= 4 is 98.8 Å². The Kier molecular flexibility index (Phi) is 10.1. The minimum absolute atomic E-state index is 0.485. The summed E-state index contributed by atoms with van der Waals surface area (Å²) in [4.78, 5) is 14.2. The van der Waals surface area contributed by atoms with Crippen LogP contribution in [0.5, 0.6) is 0 Å². The third-order valence-electron chi connectivity index (χ3n) is 22.3. The minimum atomic E-state index is -0.485. The lowest BCUT2D eigenvalue weighted by Gasteiger charge is -2.30. The minimum Gasteiger partial charge on any atom is -0.455 e. The van der Waals surface area contributed by atoms with Gasteiger partial charge in [0.1, 0.15) is 33.4 Å². The van der Waals surface area contributed by atoms with Gasteiger partial charge in [-0.15, -0.1) is 11.3 Å². The number of thiophene rings is 1. The zero-order chi connectivity index (χ0) is 63.0. The lowest BCUT2D eigenvalue weighted by Crippen LogP contribution is -2.25. The first-order valence-electron chi connectivity index (χ1n) is 33.4. The largest absolute Gasteiger partial charge is 0.455 e. The average Bonchev–Trinajstić information content (AvgIpc) is 1.52. The second-order valence-corrected chi connectivity index (χ2v) is 27.8. The lowest BCUT2D eigenvalue weighted by atomic mass is 9.70. The molecule has 0 radical (unpaired) electrons. The molecule has 23 rings (SSSR count). The first-order chi connectivity index (χ1) is 48.1. The SMILES string of the molecule is c1ccc2c(c1)-c1ccccc1C21c2ccccc2-c2ccc(-c3ccc4c5ccc(-c6ccc7c(c6)C6(c8ccccc8-c8ccccc86)c6ccccc6-7)cc5c5nc6c(-c7cccc8c7oc7ccccc78)sc(-c7cccc8c7oc7ccccc78)c6nc5c4c3)cc21. The molecular formula is C92H50N2O2S. The van der Waals surface area contributed by atoms with Gasteiger partial charge in [-0.05, 0) is 171 Å². The Bertz CT molecular complexity index is 6260. The molecule has 19 aromatic rings. The van der Waals surface area contributed by atoms with E-state index in [-0.39, 0.29) is 0 Å². The normalized spacial score (nSPS) is 13.9. The molecule has 0 atom stereocenters. The van der Waals surface area contributed by atoms with Crippen LogP contribution in [0.1, 0.15) is 44.5 Å². The van der Waals surface area contributed by atoms with Crippen molar-refractivity contribution in [2.75, 3.05) is 0 Å². The van der Waals surface area contributed by atoms with E-state index in [1.807, 2.05) is 12.1 Å². The van der Waals surface area contributed by atoms with Gasteiger partial charge in [0, 0.05) is 43.4 Å². The van der Waals surface area contributed by atoms with Gasteiger partial charge in [-0.2, -0.15) is 0 Å². The smallest absolute Gasteiger partial charge is 0.144 e. The molecule has 97 heavy (non-hydrogen) atoms. The zero-order valence-corrected chi connectivity index (χ0v) is 52.8. The summed E-state index contributed by atoms with van der Waals surface area (Å²) >= 11 is 1.72. The van der Waals surface area contributed by atoms with Crippen molar-refractivity contribution in [2.24, 2.45) is 0 Å². The Morgan fingerprint density at radius 2 is 0.515 bits per heavy atom. The van der Waals surface area contributed by atoms with Crippen LogP contribution >= 0.6 is 11.3 Å². The van der Waals surface area contributed by atoms with Gasteiger partial charge in [0.15, 0.2) is 0 Å². The van der Waals surface area contributed by atoms with Crippen LogP contribution < -0.4 is 0 Å². The first-order valence-corrected chi connectivity index (χ1v) is 34.2. The average molecular weight is 1250 g/mol. The molecule has 0 fully saturated rings. The van der Waals surface area contributed by atoms with E-state index < -0.39 is 10.8 Å². The van der Waals surface area contributed by atoms with Gasteiger partial charge in [0.2, 0.25) is 0 Å². The van der Waals surface area contributed by atoms with E-state index in [9.17, 15) is 0 Å². The number of furan rings is 2. The number of rotatable bonds is 4. The van der Waals surface area contributed by atoms with Gasteiger partial charge in [0.25, 0.3) is 0 Å². The number of aromatic nitrogens is 2. The van der Waals surface area contributed by atoms with E-state index in [0.29, 0.717) is 0 Å². The Morgan fingerprint density at radius 3 is 0.897 bits per heavy atom. The van der Waals surface area contributed by atoms with Gasteiger partial charge in [-0.25, -0.2) is 9.97 Å². The maximum Gasteiger partial charge on any atom is 0.144 e. The fraction of sp³-hybridized carbons (Fsp3) is 0.0217. The van der Waals surface area contributed by atoms with Gasteiger partial charge in [-0.3, -0.25) is 0 Å². The van der Waals surface area contributed by atoms with Crippen molar-refractivity contribution in [3.63, 3.8) is 0 Å². The third-order valence-corrected chi connectivity index (χ3v) is 23.6. The van der Waals surface area contributed by atoms with E-state index in [4.69, 9.17) is 18.8 Å². The molecule has 0 aliphatic heterocycles. The predicted octanol–water partition coefficient (Wildman–Crippen LogP) is 24.3. The summed E-state index contributed by atoms with van der Waals surface area (Å²) in [5, 5.41) is 8.57. The maximum atomic E-state index is 6.92. The highest BCUT2D eigenvalue weighted by Gasteiger charge is 2.53. The topological polar surface area (TPSA) is 52.1 Å². The van der Waals surface area contributed by atoms with E-state index in [1.165, 1.54) is 89.0 Å². The fourth-order valence-electron chi connectivity index (χ4n) is 18.4. The van der Waals surface area contributed by atoms with E-state index in [0.717, 1.165) is 131 Å². The van der Waals surface area contributed by atoms with E-state index >= 15 is 0 Å². The van der Waals surface area contributed by atoms with Crippen LogP contribution in [0.2, 0.25) is 0 Å². The summed E-state index contributed by atoms with van der Waals surface area (Å²) < 4.78 is 13.8. The summed E-state index contributed by atoms with van der Waals surface area (Å²) in [6, 6.07) is 113. The molecule has 0 N–H and O–H groups in total. The molecule has 4 heterocycles.